The second-order valence-corrected chi connectivity index (χ2v) is 3.48. The molecule has 0 aliphatic carbocycles. The number of imidazole rings is 1. The minimum absolute atomic E-state index is 1.06. The van der Waals surface area contributed by atoms with E-state index < -0.39 is 0 Å². The first-order valence-electron chi connectivity index (χ1n) is 4.63. The summed E-state index contributed by atoms with van der Waals surface area (Å²) in [6, 6.07) is 4.06. The molecule has 14 heavy (non-hydrogen) atoms. The van der Waals surface area contributed by atoms with Gasteiger partial charge in [0.1, 0.15) is 12.4 Å². The second-order valence-electron chi connectivity index (χ2n) is 3.48. The Hall–Kier alpha value is -1.64. The number of aromatic nitrogens is 3. The number of nitrogens with zero attached hydrogens (tertiary/aromatic N) is 3. The first-order chi connectivity index (χ1) is 6.70. The topological polar surface area (TPSA) is 21.7 Å². The Morgan fingerprint density at radius 3 is 2.79 bits per heavy atom. The van der Waals surface area contributed by atoms with Gasteiger partial charge in [0.2, 0.25) is 0 Å². The second kappa shape index (κ2) is 3.25. The minimum Gasteiger partial charge on any atom is -0.261 e. The summed E-state index contributed by atoms with van der Waals surface area (Å²) in [5.41, 5.74) is 2.24. The van der Waals surface area contributed by atoms with Crippen molar-refractivity contribution >= 4 is 0 Å². The van der Waals surface area contributed by atoms with E-state index in [9.17, 15) is 0 Å². The van der Waals surface area contributed by atoms with Crippen LogP contribution in [0.15, 0.2) is 30.7 Å². The molecule has 0 aromatic carbocycles. The molecule has 0 aliphatic rings. The Morgan fingerprint density at radius 2 is 2.21 bits per heavy atom. The van der Waals surface area contributed by atoms with Crippen LogP contribution in [0.3, 0.4) is 0 Å². The van der Waals surface area contributed by atoms with Gasteiger partial charge in [-0.05, 0) is 19.1 Å². The molecule has 0 fully saturated rings. The van der Waals surface area contributed by atoms with Crippen LogP contribution in [-0.4, -0.2) is 9.55 Å². The van der Waals surface area contributed by atoms with Crippen LogP contribution in [-0.2, 0) is 14.1 Å². The van der Waals surface area contributed by atoms with Crippen LogP contribution in [0.25, 0.3) is 11.4 Å². The molecule has 0 radical (unpaired) electrons. The van der Waals surface area contributed by atoms with Crippen LogP contribution in [0, 0.1) is 6.92 Å². The van der Waals surface area contributed by atoms with E-state index in [1.807, 2.05) is 45.7 Å². The van der Waals surface area contributed by atoms with Gasteiger partial charge in [-0.3, -0.25) is 4.98 Å². The predicted octanol–water partition coefficient (Wildman–Crippen LogP) is 1.22. The van der Waals surface area contributed by atoms with E-state index in [2.05, 4.69) is 20.2 Å². The molecule has 0 amide bonds. The molecule has 0 N–H and O–H groups in total. The Morgan fingerprint density at radius 1 is 1.43 bits per heavy atom. The van der Waals surface area contributed by atoms with Crippen molar-refractivity contribution in [1.29, 1.82) is 0 Å². The highest BCUT2D eigenvalue weighted by Gasteiger charge is 2.16. The number of hydrogen-bond donors (Lipinski definition) is 0. The van der Waals surface area contributed by atoms with Crippen LogP contribution < -0.4 is 4.57 Å². The maximum absolute atomic E-state index is 4.29. The van der Waals surface area contributed by atoms with E-state index in [1.165, 1.54) is 11.4 Å². The third kappa shape index (κ3) is 1.31. The summed E-state index contributed by atoms with van der Waals surface area (Å²) >= 11 is 0. The predicted molar refractivity (Wildman–Crippen MR) is 54.6 cm³/mol. The van der Waals surface area contributed by atoms with Crippen molar-refractivity contribution in [1.82, 2.24) is 9.55 Å². The molecule has 0 saturated heterocycles. The van der Waals surface area contributed by atoms with Crippen LogP contribution in [0.1, 0.15) is 5.69 Å². The lowest BCUT2D eigenvalue weighted by Crippen LogP contribution is -2.29. The monoisotopic (exact) mass is 188 g/mol. The average Bonchev–Trinajstić information content (AvgIpc) is 2.48. The maximum atomic E-state index is 4.29. The summed E-state index contributed by atoms with van der Waals surface area (Å²) in [6.45, 7) is 2.03. The van der Waals surface area contributed by atoms with Gasteiger partial charge in [-0.2, -0.15) is 0 Å². The Labute approximate surface area is 83.7 Å². The van der Waals surface area contributed by atoms with E-state index >= 15 is 0 Å². The van der Waals surface area contributed by atoms with Crippen molar-refractivity contribution in [2.45, 2.75) is 6.92 Å². The van der Waals surface area contributed by atoms with Crippen molar-refractivity contribution < 1.29 is 4.57 Å². The van der Waals surface area contributed by atoms with Crippen LogP contribution in [0.4, 0.5) is 0 Å². The van der Waals surface area contributed by atoms with Gasteiger partial charge in [0.05, 0.1) is 25.4 Å². The largest absolute Gasteiger partial charge is 0.290 e. The van der Waals surface area contributed by atoms with Gasteiger partial charge in [-0.15, -0.1) is 0 Å². The number of hydrogen-bond acceptors (Lipinski definition) is 1. The molecule has 2 rings (SSSR count). The maximum Gasteiger partial charge on any atom is 0.290 e. The van der Waals surface area contributed by atoms with Gasteiger partial charge in [0, 0.05) is 6.20 Å². The zero-order valence-corrected chi connectivity index (χ0v) is 8.73. The van der Waals surface area contributed by atoms with Crippen LogP contribution >= 0.6 is 0 Å². The molecule has 0 atom stereocenters. The third-order valence-electron chi connectivity index (χ3n) is 2.43. The van der Waals surface area contributed by atoms with Gasteiger partial charge in [0.25, 0.3) is 5.82 Å². The standard InChI is InChI=1S/C11H14N3/c1-9-10(5-4-6-12-9)11-13(2)7-8-14(11)3/h4-8H,1-3H3/q+1. The van der Waals surface area contributed by atoms with Gasteiger partial charge in [0.15, 0.2) is 0 Å². The molecule has 72 valence electrons. The smallest absolute Gasteiger partial charge is 0.261 e. The lowest BCUT2D eigenvalue weighted by atomic mass is 10.2. The van der Waals surface area contributed by atoms with Crippen molar-refractivity contribution in [3.63, 3.8) is 0 Å². The highest BCUT2D eigenvalue weighted by molar-refractivity contribution is 5.55. The van der Waals surface area contributed by atoms with Crippen molar-refractivity contribution in [3.8, 4) is 11.4 Å². The summed E-state index contributed by atoms with van der Waals surface area (Å²) < 4.78 is 4.20. The Balaban J connectivity index is 2.66. The fourth-order valence-electron chi connectivity index (χ4n) is 1.69. The molecule has 3 nitrogen and oxygen atoms in total. The lowest BCUT2D eigenvalue weighted by molar-refractivity contribution is -0.659. The van der Waals surface area contributed by atoms with Gasteiger partial charge in [-0.25, -0.2) is 9.13 Å². The van der Waals surface area contributed by atoms with Crippen molar-refractivity contribution in [2.24, 2.45) is 14.1 Å². The molecule has 0 saturated carbocycles. The molecule has 0 unspecified atom stereocenters. The molecule has 2 aromatic rings. The van der Waals surface area contributed by atoms with Crippen molar-refractivity contribution in [3.05, 3.63) is 36.4 Å². The van der Waals surface area contributed by atoms with Gasteiger partial charge >= 0.3 is 0 Å². The van der Waals surface area contributed by atoms with E-state index in [0.29, 0.717) is 0 Å². The quantitative estimate of drug-likeness (QED) is 0.617. The van der Waals surface area contributed by atoms with E-state index in [0.717, 1.165) is 5.69 Å². The molecule has 0 aliphatic heterocycles. The Bertz CT molecular complexity index is 438. The highest BCUT2D eigenvalue weighted by atomic mass is 15.1. The number of aryl methyl sites for hydroxylation is 3. The summed E-state index contributed by atoms with van der Waals surface area (Å²) in [7, 11) is 4.09. The molecule has 2 aromatic heterocycles. The zero-order valence-electron chi connectivity index (χ0n) is 8.73. The molecule has 0 spiro atoms. The molecular weight excluding hydrogens is 174 g/mol. The lowest BCUT2D eigenvalue weighted by Gasteiger charge is -2.01. The zero-order chi connectivity index (χ0) is 10.1. The first kappa shape index (κ1) is 8.94. The molecule has 2 heterocycles. The fourth-order valence-corrected chi connectivity index (χ4v) is 1.69. The highest BCUT2D eigenvalue weighted by Crippen LogP contribution is 2.16. The third-order valence-corrected chi connectivity index (χ3v) is 2.43. The fraction of sp³-hybridized carbons (Fsp3) is 0.273. The summed E-state index contributed by atoms with van der Waals surface area (Å²) in [5.74, 6) is 1.18. The average molecular weight is 188 g/mol. The number of pyridine rings is 1. The van der Waals surface area contributed by atoms with E-state index in [-0.39, 0.29) is 0 Å². The normalized spacial score (nSPS) is 10.5. The molecule has 0 bridgehead atoms. The van der Waals surface area contributed by atoms with E-state index in [4.69, 9.17) is 0 Å². The van der Waals surface area contributed by atoms with Crippen LogP contribution in [0.2, 0.25) is 0 Å². The van der Waals surface area contributed by atoms with Crippen LogP contribution in [0.5, 0.6) is 0 Å². The van der Waals surface area contributed by atoms with Gasteiger partial charge in [-0.1, -0.05) is 0 Å². The summed E-state index contributed by atoms with van der Waals surface area (Å²) in [5, 5.41) is 0. The first-order valence-corrected chi connectivity index (χ1v) is 4.63. The summed E-state index contributed by atoms with van der Waals surface area (Å²) in [4.78, 5) is 4.29. The molecular formula is C11H14N3+. The van der Waals surface area contributed by atoms with Gasteiger partial charge < -0.3 is 0 Å². The summed E-state index contributed by atoms with van der Waals surface area (Å²) in [6.07, 6.45) is 5.91. The van der Waals surface area contributed by atoms with Crippen molar-refractivity contribution in [2.75, 3.05) is 0 Å². The Kier molecular flexibility index (Phi) is 2.08. The minimum atomic E-state index is 1.06. The number of rotatable bonds is 1. The van der Waals surface area contributed by atoms with E-state index in [1.54, 1.807) is 0 Å². The molecule has 3 heteroatoms. The SMILES string of the molecule is Cc1ncccc1-c1n(C)cc[n+]1C.